The van der Waals surface area contributed by atoms with Gasteiger partial charge >= 0.3 is 0 Å². The summed E-state index contributed by atoms with van der Waals surface area (Å²) in [6.07, 6.45) is 5.25. The molecule has 0 bridgehead atoms. The fraction of sp³-hybridized carbons (Fsp3) is 1.00. The molecule has 0 saturated heterocycles. The smallest absolute Gasteiger partial charge is 0.265 e. The number of hydrogen-bond donors (Lipinski definition) is 4. The zero-order valence-electron chi connectivity index (χ0n) is 20.9. The van der Waals surface area contributed by atoms with Crippen LogP contribution < -0.4 is 0 Å². The topological polar surface area (TPSA) is 264 Å². The third kappa shape index (κ3) is 50.4. The van der Waals surface area contributed by atoms with Crippen LogP contribution in [-0.4, -0.2) is 136 Å². The summed E-state index contributed by atoms with van der Waals surface area (Å²) in [6, 6.07) is 0. The number of rotatable bonds is 15. The average Bonchev–Trinajstić information content (AvgIpc) is 2.52. The highest BCUT2D eigenvalue weighted by Crippen LogP contribution is 2.10. The molecule has 0 aliphatic carbocycles. The van der Waals surface area contributed by atoms with Gasteiger partial charge in [0.1, 0.15) is 0 Å². The van der Waals surface area contributed by atoms with Crippen LogP contribution >= 0.6 is 0 Å². The molecule has 36 heavy (non-hydrogen) atoms. The van der Waals surface area contributed by atoms with Gasteiger partial charge in [-0.3, -0.25) is 18.2 Å². The van der Waals surface area contributed by atoms with Crippen LogP contribution in [0.5, 0.6) is 0 Å². The van der Waals surface area contributed by atoms with E-state index < -0.39 is 41.0 Å². The molecule has 0 saturated carbocycles. The fourth-order valence-corrected chi connectivity index (χ4v) is 3.99. The minimum atomic E-state index is -4.92. The maximum absolute atomic E-state index is 10.8. The SMILES string of the molecule is C[N+](C)(CCCCCC[N+](C)(C)CCCS(=O)(=O)O)CCCS(=O)(=O)O.O=S(=O)([O-])O.O=S(=O)([O-])O. The molecule has 0 amide bonds. The quantitative estimate of drug-likeness (QED) is 0.0768. The van der Waals surface area contributed by atoms with Gasteiger partial charge in [-0.15, -0.1) is 0 Å². The zero-order valence-corrected chi connectivity index (χ0v) is 24.2. The third-order valence-corrected chi connectivity index (χ3v) is 6.22. The van der Waals surface area contributed by atoms with E-state index in [9.17, 15) is 16.8 Å². The van der Waals surface area contributed by atoms with Gasteiger partial charge in [0.15, 0.2) is 0 Å². The largest absolute Gasteiger partial charge is 0.726 e. The summed E-state index contributed by atoms with van der Waals surface area (Å²) in [7, 11) is -9.29. The summed E-state index contributed by atoms with van der Waals surface area (Å²) in [4.78, 5) is 0. The predicted octanol–water partition coefficient (Wildman–Crippen LogP) is -0.735. The number of hydrogen-bond acceptors (Lipinski definition) is 10. The minimum Gasteiger partial charge on any atom is -0.726 e. The summed E-state index contributed by atoms with van der Waals surface area (Å²) in [5.41, 5.74) is 0. The highest BCUT2D eigenvalue weighted by molar-refractivity contribution is 7.86. The molecule has 0 aliphatic rings. The number of unbranched alkanes of at least 4 members (excludes halogenated alkanes) is 3. The summed E-state index contributed by atoms with van der Waals surface area (Å²) in [5.74, 6) is -0.363. The van der Waals surface area contributed by atoms with Crippen molar-refractivity contribution in [1.82, 2.24) is 0 Å². The molecule has 16 nitrogen and oxygen atoms in total. The standard InChI is InChI=1S/C16H36N2O6S2.2H2O4S/c1-17(2,13-9-15-25(19,20)21)11-7-5-6-8-12-18(3,4)14-10-16-26(22,23)24;2*1-5(2,3)4/h5-16H2,1-4H3;2*(H2,1,2,3,4). The lowest BCUT2D eigenvalue weighted by Gasteiger charge is -2.30. The van der Waals surface area contributed by atoms with Crippen molar-refractivity contribution < 1.29 is 70.0 Å². The summed E-state index contributed by atoms with van der Waals surface area (Å²) in [6.45, 7) is 3.38. The van der Waals surface area contributed by atoms with Crippen molar-refractivity contribution in [2.75, 3.05) is 65.9 Å². The fourth-order valence-electron chi connectivity index (χ4n) is 3.01. The molecule has 222 valence electrons. The van der Waals surface area contributed by atoms with Crippen LogP contribution in [0.3, 0.4) is 0 Å². The van der Waals surface area contributed by atoms with Crippen LogP contribution in [0.2, 0.25) is 0 Å². The second kappa shape index (κ2) is 17.1. The first-order valence-corrected chi connectivity index (χ1v) is 16.5. The van der Waals surface area contributed by atoms with Crippen LogP contribution in [0.4, 0.5) is 0 Å². The molecule has 0 spiro atoms. The van der Waals surface area contributed by atoms with E-state index in [1.54, 1.807) is 0 Å². The Hall–Kier alpha value is -0.520. The van der Waals surface area contributed by atoms with Crippen molar-refractivity contribution in [1.29, 1.82) is 0 Å². The van der Waals surface area contributed by atoms with E-state index in [1.165, 1.54) is 0 Å². The van der Waals surface area contributed by atoms with Gasteiger partial charge in [-0.05, 0) is 25.7 Å². The van der Waals surface area contributed by atoms with Crippen LogP contribution in [0.25, 0.3) is 0 Å². The summed E-state index contributed by atoms with van der Waals surface area (Å²) < 4.78 is 128. The molecule has 0 radical (unpaired) electrons. The van der Waals surface area contributed by atoms with Gasteiger partial charge in [-0.2, -0.15) is 16.8 Å². The van der Waals surface area contributed by atoms with Gasteiger partial charge in [0.25, 0.3) is 20.2 Å². The average molecular weight is 613 g/mol. The Bertz CT molecular complexity index is 921. The van der Waals surface area contributed by atoms with E-state index in [0.717, 1.165) is 60.8 Å². The van der Waals surface area contributed by atoms with Gasteiger partial charge < -0.3 is 18.1 Å². The first-order chi connectivity index (χ1) is 15.6. The molecule has 0 unspecified atom stereocenters. The molecule has 20 heteroatoms. The Balaban J connectivity index is -0.000000910. The van der Waals surface area contributed by atoms with Gasteiger partial charge in [0.2, 0.25) is 20.8 Å². The predicted molar refractivity (Wildman–Crippen MR) is 129 cm³/mol. The van der Waals surface area contributed by atoms with Crippen LogP contribution in [0, 0.1) is 0 Å². The minimum absolute atomic E-state index is 0.181. The Morgan fingerprint density at radius 3 is 0.861 bits per heavy atom. The molecular formula is C16H40N2O14S4. The van der Waals surface area contributed by atoms with Gasteiger partial charge in [0, 0.05) is 12.8 Å². The Kier molecular flexibility index (Phi) is 19.0. The normalized spacial score (nSPS) is 13.3. The summed E-state index contributed by atoms with van der Waals surface area (Å²) in [5, 5.41) is 0. The van der Waals surface area contributed by atoms with Gasteiger partial charge in [-0.25, -0.2) is 16.8 Å². The zero-order chi connectivity index (χ0) is 29.5. The van der Waals surface area contributed by atoms with E-state index in [-0.39, 0.29) is 11.5 Å². The van der Waals surface area contributed by atoms with Crippen molar-refractivity contribution >= 4 is 41.0 Å². The van der Waals surface area contributed by atoms with Crippen LogP contribution in [0.1, 0.15) is 38.5 Å². The molecule has 0 rings (SSSR count). The molecule has 0 heterocycles. The Morgan fingerprint density at radius 1 is 0.472 bits per heavy atom. The highest BCUT2D eigenvalue weighted by atomic mass is 32.3. The monoisotopic (exact) mass is 612 g/mol. The lowest BCUT2D eigenvalue weighted by atomic mass is 10.1. The Morgan fingerprint density at radius 2 is 0.667 bits per heavy atom. The maximum atomic E-state index is 10.8. The number of quaternary nitrogens is 2. The van der Waals surface area contributed by atoms with E-state index in [2.05, 4.69) is 28.2 Å². The van der Waals surface area contributed by atoms with Crippen LogP contribution in [0.15, 0.2) is 0 Å². The lowest BCUT2D eigenvalue weighted by Crippen LogP contribution is -2.42. The molecule has 0 aliphatic heterocycles. The van der Waals surface area contributed by atoms with Crippen molar-refractivity contribution in [3.63, 3.8) is 0 Å². The maximum Gasteiger partial charge on any atom is 0.265 e. The molecule has 0 aromatic rings. The van der Waals surface area contributed by atoms with Gasteiger partial charge in [0.05, 0.1) is 65.9 Å². The van der Waals surface area contributed by atoms with Crippen molar-refractivity contribution in [2.24, 2.45) is 0 Å². The summed E-state index contributed by atoms with van der Waals surface area (Å²) >= 11 is 0. The van der Waals surface area contributed by atoms with Crippen LogP contribution in [-0.2, 0) is 41.0 Å². The lowest BCUT2D eigenvalue weighted by molar-refractivity contribution is -0.891. The Labute approximate surface area is 215 Å². The van der Waals surface area contributed by atoms with Crippen molar-refractivity contribution in [3.8, 4) is 0 Å². The molecule has 4 N–H and O–H groups in total. The van der Waals surface area contributed by atoms with E-state index >= 15 is 0 Å². The molecule has 0 aromatic carbocycles. The van der Waals surface area contributed by atoms with Crippen molar-refractivity contribution in [3.05, 3.63) is 0 Å². The van der Waals surface area contributed by atoms with E-state index in [4.69, 9.17) is 44.2 Å². The van der Waals surface area contributed by atoms with E-state index in [0.29, 0.717) is 12.8 Å². The second-order valence-electron chi connectivity index (χ2n) is 9.31. The molecule has 0 aromatic heterocycles. The molecular weight excluding hydrogens is 572 g/mol. The van der Waals surface area contributed by atoms with E-state index in [1.807, 2.05) is 0 Å². The highest BCUT2D eigenvalue weighted by Gasteiger charge is 2.18. The molecule has 0 atom stereocenters. The molecule has 0 fully saturated rings. The first kappa shape index (κ1) is 40.0. The van der Waals surface area contributed by atoms with Crippen molar-refractivity contribution in [2.45, 2.75) is 38.5 Å². The second-order valence-corrected chi connectivity index (χ2v) is 14.2. The first-order valence-electron chi connectivity index (χ1n) is 10.5. The number of nitrogens with zero attached hydrogens (tertiary/aromatic N) is 2. The van der Waals surface area contributed by atoms with Gasteiger partial charge in [-0.1, -0.05) is 0 Å². The third-order valence-electron chi connectivity index (χ3n) is 4.61.